The van der Waals surface area contributed by atoms with Crippen LogP contribution >= 0.6 is 11.3 Å². The summed E-state index contributed by atoms with van der Waals surface area (Å²) in [6.45, 7) is 0. The molecule has 8 rings (SSSR count). The first-order valence-corrected chi connectivity index (χ1v) is 14.9. The van der Waals surface area contributed by atoms with Crippen LogP contribution in [0.3, 0.4) is 0 Å². The van der Waals surface area contributed by atoms with Crippen LogP contribution in [0.5, 0.6) is 0 Å². The average molecular weight is 574 g/mol. The van der Waals surface area contributed by atoms with Crippen molar-refractivity contribution in [3.05, 3.63) is 170 Å². The molecule has 0 saturated heterocycles. The van der Waals surface area contributed by atoms with Crippen LogP contribution < -0.4 is 4.90 Å². The summed E-state index contributed by atoms with van der Waals surface area (Å²) in [5.41, 5.74) is 7.21. The Bertz CT molecular complexity index is 2420. The van der Waals surface area contributed by atoms with E-state index in [9.17, 15) is 0 Å². The zero-order valence-corrected chi connectivity index (χ0v) is 23.9. The van der Waals surface area contributed by atoms with Crippen LogP contribution in [0.4, 0.5) is 16.4 Å². The van der Waals surface area contributed by atoms with Gasteiger partial charge in [0.15, 0.2) is 0 Å². The van der Waals surface area contributed by atoms with E-state index >= 15 is 0 Å². The second-order valence-electron chi connectivity index (χ2n) is 10.3. The third-order valence-corrected chi connectivity index (χ3v) is 8.83. The Morgan fingerprint density at radius 3 is 1.95 bits per heavy atom. The Balaban J connectivity index is 1.22. The molecule has 0 aliphatic rings. The maximum Gasteiger partial charge on any atom is 0.101 e. The number of aromatic nitrogens is 1. The summed E-state index contributed by atoms with van der Waals surface area (Å²) < 4.78 is 43.3. The van der Waals surface area contributed by atoms with Gasteiger partial charge in [0.25, 0.3) is 0 Å². The fourth-order valence-corrected chi connectivity index (χ4v) is 6.78. The van der Waals surface area contributed by atoms with E-state index in [1.807, 2.05) is 48.5 Å². The van der Waals surface area contributed by atoms with Crippen LogP contribution in [-0.4, -0.2) is 4.57 Å². The lowest BCUT2D eigenvalue weighted by atomic mass is 10.1. The molecule has 0 saturated carbocycles. The number of benzene rings is 6. The van der Waals surface area contributed by atoms with Crippen LogP contribution in [0.25, 0.3) is 49.1 Å². The van der Waals surface area contributed by atoms with Crippen molar-refractivity contribution in [1.29, 1.82) is 0 Å². The van der Waals surface area contributed by atoms with Gasteiger partial charge in [0.05, 0.1) is 17.9 Å². The second kappa shape index (κ2) is 10.8. The Morgan fingerprint density at radius 1 is 0.512 bits per heavy atom. The quantitative estimate of drug-likeness (QED) is 0.192. The number of nitrogens with zero attached hydrogens (tertiary/aromatic N) is 2. The monoisotopic (exact) mass is 573 g/mol. The maximum absolute atomic E-state index is 8.43. The van der Waals surface area contributed by atoms with Gasteiger partial charge >= 0.3 is 0 Å². The molecule has 0 atom stereocenters. The number of para-hydroxylation sites is 3. The average Bonchev–Trinajstić information content (AvgIpc) is 3.74. The van der Waals surface area contributed by atoms with E-state index in [0.29, 0.717) is 5.56 Å². The summed E-state index contributed by atoms with van der Waals surface area (Å²) in [5.74, 6) is 0. The van der Waals surface area contributed by atoms with Crippen molar-refractivity contribution in [1.82, 2.24) is 4.57 Å². The first-order chi connectivity index (χ1) is 23.4. The molecule has 2 nitrogen and oxygen atoms in total. The number of fused-ring (bicyclic) bond motifs is 3. The summed E-state index contributed by atoms with van der Waals surface area (Å²) in [6, 6.07) is 46.1. The molecule has 8 aromatic rings. The number of hydrogen-bond acceptors (Lipinski definition) is 2. The molecule has 2 heterocycles. The van der Waals surface area contributed by atoms with Crippen molar-refractivity contribution in [2.45, 2.75) is 0 Å². The molecule has 0 fully saturated rings. The van der Waals surface area contributed by atoms with Gasteiger partial charge in [-0.2, -0.15) is 0 Å². The number of hydrogen-bond donors (Lipinski definition) is 0. The molecular formula is C40H28N2S. The van der Waals surface area contributed by atoms with Gasteiger partial charge in [-0.3, -0.25) is 0 Å². The molecule has 3 heteroatoms. The van der Waals surface area contributed by atoms with Crippen LogP contribution in [0.2, 0.25) is 0 Å². The third kappa shape index (κ3) is 4.61. The van der Waals surface area contributed by atoms with Crippen molar-refractivity contribution >= 4 is 49.5 Å². The van der Waals surface area contributed by atoms with E-state index in [4.69, 9.17) is 6.85 Å². The van der Waals surface area contributed by atoms with Crippen molar-refractivity contribution < 1.29 is 6.85 Å². The molecule has 0 spiro atoms. The zero-order valence-electron chi connectivity index (χ0n) is 28.1. The van der Waals surface area contributed by atoms with E-state index < -0.39 is 6.04 Å². The van der Waals surface area contributed by atoms with Gasteiger partial charge in [0, 0.05) is 32.7 Å². The van der Waals surface area contributed by atoms with E-state index in [1.54, 1.807) is 11.3 Å². The maximum atomic E-state index is 8.43. The smallest absolute Gasteiger partial charge is 0.101 e. The molecule has 6 aromatic carbocycles. The highest BCUT2D eigenvalue weighted by Gasteiger charge is 2.17. The molecule has 0 amide bonds. The highest BCUT2D eigenvalue weighted by molar-refractivity contribution is 7.19. The minimum Gasteiger partial charge on any atom is -0.309 e. The topological polar surface area (TPSA) is 8.17 Å². The largest absolute Gasteiger partial charge is 0.309 e. The summed E-state index contributed by atoms with van der Waals surface area (Å²) in [5, 5.41) is 3.45. The fourth-order valence-electron chi connectivity index (χ4n) is 5.73. The van der Waals surface area contributed by atoms with Crippen molar-refractivity contribution in [3.8, 4) is 27.3 Å². The molecule has 0 N–H and O–H groups in total. The predicted molar refractivity (Wildman–Crippen MR) is 184 cm³/mol. The lowest BCUT2D eigenvalue weighted by Crippen LogP contribution is -2.07. The number of rotatable bonds is 6. The van der Waals surface area contributed by atoms with Gasteiger partial charge < -0.3 is 9.47 Å². The van der Waals surface area contributed by atoms with Gasteiger partial charge in [-0.05, 0) is 77.4 Å². The normalized spacial score (nSPS) is 12.9. The van der Waals surface area contributed by atoms with Gasteiger partial charge in [0.1, 0.15) is 5.00 Å². The SMILES string of the molecule is [2H]c1c([2H])c([2H])c(-c2ccc(N(c3ccccc3)c3ccc(-c4ccc5c6ccccc6n(-c6ccccc6)c5c4)s3)cc2)c([2H])c1[2H]. The molecule has 0 aliphatic carbocycles. The lowest BCUT2D eigenvalue weighted by molar-refractivity contribution is 1.18. The lowest BCUT2D eigenvalue weighted by Gasteiger charge is -2.23. The number of thiophene rings is 1. The molecule has 0 radical (unpaired) electrons. The van der Waals surface area contributed by atoms with Crippen LogP contribution in [0.15, 0.2) is 170 Å². The molecule has 204 valence electrons. The van der Waals surface area contributed by atoms with E-state index in [-0.39, 0.29) is 29.7 Å². The first-order valence-electron chi connectivity index (χ1n) is 16.6. The summed E-state index contributed by atoms with van der Waals surface area (Å²) in [4.78, 5) is 3.31. The first kappa shape index (κ1) is 20.5. The summed E-state index contributed by atoms with van der Waals surface area (Å²) in [7, 11) is 0. The minimum atomic E-state index is -0.394. The second-order valence-corrected chi connectivity index (χ2v) is 11.3. The zero-order chi connectivity index (χ0) is 32.9. The third-order valence-electron chi connectivity index (χ3n) is 7.71. The Kier molecular flexibility index (Phi) is 5.14. The highest BCUT2D eigenvalue weighted by Crippen LogP contribution is 2.43. The summed E-state index contributed by atoms with van der Waals surface area (Å²) in [6.07, 6.45) is 0. The van der Waals surface area contributed by atoms with E-state index in [1.165, 1.54) is 16.3 Å². The Hall–Kier alpha value is -5.38. The van der Waals surface area contributed by atoms with E-state index in [2.05, 4.69) is 100 Å². The Labute approximate surface area is 262 Å². The van der Waals surface area contributed by atoms with Crippen LogP contribution in [0, 0.1) is 0 Å². The molecule has 2 aromatic heterocycles. The van der Waals surface area contributed by atoms with E-state index in [0.717, 1.165) is 38.0 Å². The van der Waals surface area contributed by atoms with Gasteiger partial charge in [0.2, 0.25) is 0 Å². The highest BCUT2D eigenvalue weighted by atomic mass is 32.1. The van der Waals surface area contributed by atoms with Crippen molar-refractivity contribution in [2.75, 3.05) is 4.90 Å². The van der Waals surface area contributed by atoms with Crippen LogP contribution in [0.1, 0.15) is 6.85 Å². The van der Waals surface area contributed by atoms with Crippen molar-refractivity contribution in [2.24, 2.45) is 0 Å². The standard InChI is InChI=1S/C40H28N2S/c1-4-12-29(13-5-1)30-20-23-34(24-21-30)41(32-14-6-2-7-15-32)40-27-26-39(43-40)31-22-25-36-35-18-10-11-19-37(35)42(38(36)28-31)33-16-8-3-9-17-33/h1-28H/i1D,4D,5D,12D,13D. The molecule has 43 heavy (non-hydrogen) atoms. The molecular weight excluding hydrogens is 541 g/mol. The molecule has 0 bridgehead atoms. The predicted octanol–water partition coefficient (Wildman–Crippen LogP) is 11.6. The fraction of sp³-hybridized carbons (Fsp3) is 0. The van der Waals surface area contributed by atoms with Gasteiger partial charge in [-0.1, -0.05) is 109 Å². The number of anilines is 3. The Morgan fingerprint density at radius 2 is 1.16 bits per heavy atom. The molecule has 0 aliphatic heterocycles. The minimum absolute atomic E-state index is 0.195. The van der Waals surface area contributed by atoms with Crippen LogP contribution in [-0.2, 0) is 0 Å². The molecule has 0 unspecified atom stereocenters. The summed E-state index contributed by atoms with van der Waals surface area (Å²) >= 11 is 1.70. The van der Waals surface area contributed by atoms with Gasteiger partial charge in [-0.25, -0.2) is 0 Å². The van der Waals surface area contributed by atoms with Crippen molar-refractivity contribution in [3.63, 3.8) is 0 Å². The van der Waals surface area contributed by atoms with Gasteiger partial charge in [-0.15, -0.1) is 11.3 Å².